The molecule has 1 saturated heterocycles. The predicted molar refractivity (Wildman–Crippen MR) is 120 cm³/mol. The van der Waals surface area contributed by atoms with Crippen LogP contribution in [0.25, 0.3) is 5.69 Å². The van der Waals surface area contributed by atoms with Crippen LogP contribution in [0.5, 0.6) is 0 Å². The average molecular weight is 476 g/mol. The number of rotatable bonds is 3. The highest BCUT2D eigenvalue weighted by molar-refractivity contribution is 9.10. The van der Waals surface area contributed by atoms with Crippen molar-refractivity contribution in [3.8, 4) is 5.69 Å². The summed E-state index contributed by atoms with van der Waals surface area (Å²) >= 11 is 3.73. The second kappa shape index (κ2) is 6.91. The third-order valence-corrected chi connectivity index (χ3v) is 6.20. The first-order valence-electron chi connectivity index (χ1n) is 9.91. The van der Waals surface area contributed by atoms with Crippen LogP contribution in [0.2, 0.25) is 0 Å². The number of para-hydroxylation sites is 2. The molecule has 1 N–H and O–H groups in total. The van der Waals surface area contributed by atoms with Gasteiger partial charge in [0, 0.05) is 22.4 Å². The van der Waals surface area contributed by atoms with Gasteiger partial charge in [0.2, 0.25) is 0 Å². The van der Waals surface area contributed by atoms with Gasteiger partial charge in [0.1, 0.15) is 5.82 Å². The molecule has 4 heterocycles. The Morgan fingerprint density at radius 1 is 1.06 bits per heavy atom. The van der Waals surface area contributed by atoms with E-state index in [1.54, 1.807) is 6.20 Å². The zero-order valence-electron chi connectivity index (χ0n) is 16.6. The second-order valence-corrected chi connectivity index (χ2v) is 8.41. The molecule has 0 aliphatic carbocycles. The van der Waals surface area contributed by atoms with Gasteiger partial charge in [-0.2, -0.15) is 14.9 Å². The molecule has 2 aromatic carbocycles. The molecule has 0 atom stereocenters. The van der Waals surface area contributed by atoms with Crippen LogP contribution >= 0.6 is 15.9 Å². The monoisotopic (exact) mass is 475 g/mol. The van der Waals surface area contributed by atoms with Crippen molar-refractivity contribution in [2.45, 2.75) is 19.4 Å². The second-order valence-electron chi connectivity index (χ2n) is 7.55. The highest BCUT2D eigenvalue weighted by Gasteiger charge is 2.58. The van der Waals surface area contributed by atoms with Crippen LogP contribution in [-0.4, -0.2) is 14.8 Å². The Balaban J connectivity index is 1.45. The van der Waals surface area contributed by atoms with Crippen molar-refractivity contribution < 1.29 is 9.78 Å². The van der Waals surface area contributed by atoms with Gasteiger partial charge in [-0.05, 0) is 49.4 Å². The van der Waals surface area contributed by atoms with Gasteiger partial charge in [-0.15, -0.1) is 0 Å². The zero-order valence-corrected chi connectivity index (χ0v) is 18.2. The number of hydrogen-bond acceptors (Lipinski definition) is 6. The lowest BCUT2D eigenvalue weighted by molar-refractivity contribution is 0.0850. The number of aromatic nitrogens is 3. The number of aryl methyl sites for hydroxylation is 1. The van der Waals surface area contributed by atoms with Gasteiger partial charge in [0.05, 0.1) is 34.9 Å². The van der Waals surface area contributed by atoms with Crippen LogP contribution in [0.15, 0.2) is 77.5 Å². The maximum absolute atomic E-state index is 5.70. The highest BCUT2D eigenvalue weighted by atomic mass is 79.9. The summed E-state index contributed by atoms with van der Waals surface area (Å²) < 4.78 is 2.72. The average Bonchev–Trinajstić information content (AvgIpc) is 3.49. The first-order chi connectivity index (χ1) is 15.1. The Bertz CT molecular complexity index is 1300. The molecule has 31 heavy (non-hydrogen) atoms. The fourth-order valence-electron chi connectivity index (χ4n) is 3.97. The van der Waals surface area contributed by atoms with Gasteiger partial charge >= 0.3 is 5.91 Å². The summed E-state index contributed by atoms with van der Waals surface area (Å²) in [6.45, 7) is 2.54. The van der Waals surface area contributed by atoms with Crippen molar-refractivity contribution in [3.63, 3.8) is 0 Å². The van der Waals surface area contributed by atoms with E-state index in [1.165, 1.54) is 0 Å². The molecule has 154 valence electrons. The number of fused-ring (bicyclic) bond motifs is 2. The number of benzene rings is 2. The van der Waals surface area contributed by atoms with E-state index in [9.17, 15) is 0 Å². The first kappa shape index (κ1) is 18.6. The van der Waals surface area contributed by atoms with Crippen molar-refractivity contribution in [2.24, 2.45) is 0 Å². The molecular weight excluding hydrogens is 458 g/mol. The number of halogens is 1. The van der Waals surface area contributed by atoms with E-state index >= 15 is 0 Å². The maximum atomic E-state index is 5.70. The van der Waals surface area contributed by atoms with Crippen LogP contribution in [-0.2, 0) is 22.2 Å². The normalized spacial score (nSPS) is 16.1. The Morgan fingerprint density at radius 2 is 1.94 bits per heavy atom. The third kappa shape index (κ3) is 3.03. The summed E-state index contributed by atoms with van der Waals surface area (Å²) in [5, 5.41) is 7.94. The van der Waals surface area contributed by atoms with E-state index in [0.29, 0.717) is 6.54 Å². The molecule has 2 aliphatic heterocycles. The molecule has 2 aliphatic rings. The Morgan fingerprint density at radius 3 is 2.71 bits per heavy atom. The van der Waals surface area contributed by atoms with E-state index in [0.717, 1.165) is 44.2 Å². The lowest BCUT2D eigenvalue weighted by Gasteiger charge is -2.28. The van der Waals surface area contributed by atoms with Crippen molar-refractivity contribution in [1.82, 2.24) is 14.8 Å². The molecule has 4 aromatic rings. The first-order valence-corrected chi connectivity index (χ1v) is 10.7. The fourth-order valence-corrected chi connectivity index (χ4v) is 4.58. The summed E-state index contributed by atoms with van der Waals surface area (Å²) in [4.78, 5) is 18.0. The summed E-state index contributed by atoms with van der Waals surface area (Å²) in [6.07, 6.45) is 3.73. The lowest BCUT2D eigenvalue weighted by atomic mass is 10.1. The highest BCUT2D eigenvalue weighted by Crippen LogP contribution is 2.52. The molecule has 8 heteroatoms. The molecule has 0 spiro atoms. The van der Waals surface area contributed by atoms with Crippen LogP contribution < -0.4 is 10.2 Å². The van der Waals surface area contributed by atoms with Gasteiger partial charge in [0.15, 0.2) is 0 Å². The number of anilines is 3. The summed E-state index contributed by atoms with van der Waals surface area (Å²) in [5.41, 5.74) is 5.76. The van der Waals surface area contributed by atoms with E-state index in [2.05, 4.69) is 48.4 Å². The quantitative estimate of drug-likeness (QED) is 0.325. The fraction of sp³-hybridized carbons (Fsp3) is 0.130. The summed E-state index contributed by atoms with van der Waals surface area (Å²) in [7, 11) is 0. The third-order valence-electron chi connectivity index (χ3n) is 5.54. The van der Waals surface area contributed by atoms with Gasteiger partial charge in [0.25, 0.3) is 0 Å². The summed E-state index contributed by atoms with van der Waals surface area (Å²) in [6, 6.07) is 20.1. The Kier molecular flexibility index (Phi) is 4.14. The number of nitrogens with zero attached hydrogens (tertiary/aromatic N) is 4. The molecule has 0 unspecified atom stereocenters. The van der Waals surface area contributed by atoms with Crippen molar-refractivity contribution in [2.75, 3.05) is 10.2 Å². The van der Waals surface area contributed by atoms with E-state index in [1.807, 2.05) is 66.3 Å². The molecule has 7 nitrogen and oxygen atoms in total. The van der Waals surface area contributed by atoms with Gasteiger partial charge in [-0.25, -0.2) is 9.67 Å². The van der Waals surface area contributed by atoms with E-state index in [-0.39, 0.29) is 0 Å². The smallest absolute Gasteiger partial charge is 0.338 e. The van der Waals surface area contributed by atoms with Gasteiger partial charge < -0.3 is 10.2 Å². The molecule has 1 fully saturated rings. The maximum Gasteiger partial charge on any atom is 0.339 e. The molecule has 0 bridgehead atoms. The number of hydrogen-bond donors (Lipinski definition) is 1. The van der Waals surface area contributed by atoms with E-state index < -0.39 is 5.91 Å². The lowest BCUT2D eigenvalue weighted by Crippen LogP contribution is -2.36. The number of nitrogens with one attached hydrogen (secondary N) is 1. The molecule has 2 aromatic heterocycles. The van der Waals surface area contributed by atoms with Crippen LogP contribution in [0.4, 0.5) is 17.2 Å². The molecule has 0 amide bonds. The topological polar surface area (TPSA) is 71.0 Å². The van der Waals surface area contributed by atoms with Crippen molar-refractivity contribution in [1.29, 1.82) is 0 Å². The van der Waals surface area contributed by atoms with Gasteiger partial charge in [-0.3, -0.25) is 0 Å². The molecule has 0 radical (unpaired) electrons. The van der Waals surface area contributed by atoms with E-state index in [4.69, 9.17) is 9.78 Å². The predicted octanol–water partition coefficient (Wildman–Crippen LogP) is 5.17. The van der Waals surface area contributed by atoms with Crippen LogP contribution in [0, 0.1) is 6.92 Å². The molecular formula is C23H18BrN5O2. The molecule has 0 saturated carbocycles. The Hall–Kier alpha value is -3.20. The van der Waals surface area contributed by atoms with Crippen molar-refractivity contribution >= 4 is 33.1 Å². The SMILES string of the molecule is Cc1ccn(-c2ccc(C3(N4Cc5cccnc5Nc5ccccc54)OO3)c(Br)c2)n1. The minimum Gasteiger partial charge on any atom is -0.338 e. The zero-order chi connectivity index (χ0) is 21.0. The minimum atomic E-state index is -1.04. The minimum absolute atomic E-state index is 0.569. The Labute approximate surface area is 187 Å². The van der Waals surface area contributed by atoms with Crippen LogP contribution in [0.3, 0.4) is 0 Å². The van der Waals surface area contributed by atoms with Crippen LogP contribution in [0.1, 0.15) is 16.8 Å². The van der Waals surface area contributed by atoms with Crippen molar-refractivity contribution in [3.05, 3.63) is 94.4 Å². The number of pyridine rings is 1. The largest absolute Gasteiger partial charge is 0.339 e. The summed E-state index contributed by atoms with van der Waals surface area (Å²) in [5.74, 6) is -0.205. The molecule has 6 rings (SSSR count). The van der Waals surface area contributed by atoms with Gasteiger partial charge in [-0.1, -0.05) is 34.1 Å². The standard InChI is InChI=1S/C23H18BrN5O2/c1-15-10-12-29(27-15)17-8-9-18(19(24)13-17)23(30-31-23)28-14-16-5-4-11-25-22(16)26-20-6-2-3-7-21(20)28/h2-13H,14H2,1H3,(H,25,26).